The molecule has 1 aliphatic rings. The molecule has 1 aromatic carbocycles. The Morgan fingerprint density at radius 3 is 2.65 bits per heavy atom. The van der Waals surface area contributed by atoms with E-state index < -0.39 is 17.5 Å². The Bertz CT molecular complexity index is 767. The van der Waals surface area contributed by atoms with E-state index in [0.29, 0.717) is 29.5 Å². The van der Waals surface area contributed by atoms with E-state index in [1.165, 1.54) is 6.07 Å². The monoisotopic (exact) mass is 315 g/mol. The molecule has 1 saturated carbocycles. The maximum atomic E-state index is 12.0. The first-order chi connectivity index (χ1) is 11.1. The Morgan fingerprint density at radius 1 is 1.30 bits per heavy atom. The third-order valence-corrected chi connectivity index (χ3v) is 4.02. The van der Waals surface area contributed by atoms with Crippen LogP contribution in [-0.4, -0.2) is 34.2 Å². The molecule has 1 aliphatic carbocycles. The zero-order valence-corrected chi connectivity index (χ0v) is 12.7. The molecule has 3 rings (SSSR count). The van der Waals surface area contributed by atoms with E-state index in [-0.39, 0.29) is 12.3 Å². The topological polar surface area (TPSA) is 85.7 Å². The second-order valence-electron chi connectivity index (χ2n) is 5.50. The fraction of sp³-hybridized carbons (Fsp3) is 0.353. The Balaban J connectivity index is 2.07. The van der Waals surface area contributed by atoms with Gasteiger partial charge in [-0.25, -0.2) is 14.6 Å². The van der Waals surface area contributed by atoms with Crippen LogP contribution in [0, 0.1) is 0 Å². The maximum Gasteiger partial charge on any atom is 0.357 e. The number of carboxylic acids is 1. The number of pyridine rings is 1. The minimum atomic E-state index is -1.21. The Kier molecular flexibility index (Phi) is 3.90. The molecular weight excluding hydrogens is 298 g/mol. The van der Waals surface area contributed by atoms with E-state index in [4.69, 9.17) is 9.47 Å². The number of ether oxygens (including phenoxy) is 2. The number of esters is 1. The van der Waals surface area contributed by atoms with Gasteiger partial charge in [-0.1, -0.05) is 12.1 Å². The standard InChI is InChI=1S/C17H17NO5/c1-2-22-15(19)13-10-14(11-6-3-4-7-12(11)18-13)23-17(16(20)21)8-5-9-17/h3-4,6-7,10H,2,5,8-9H2,1H3,(H,20,21). The average molecular weight is 315 g/mol. The molecule has 0 amide bonds. The lowest BCUT2D eigenvalue weighted by Gasteiger charge is -2.37. The molecule has 0 unspecified atom stereocenters. The molecule has 0 spiro atoms. The molecule has 1 fully saturated rings. The SMILES string of the molecule is CCOC(=O)c1cc(OC2(C(=O)O)CCC2)c2ccccc2n1. The van der Waals surface area contributed by atoms with Crippen LogP contribution in [0.5, 0.6) is 5.75 Å². The van der Waals surface area contributed by atoms with Crippen molar-refractivity contribution in [3.05, 3.63) is 36.0 Å². The molecule has 120 valence electrons. The summed E-state index contributed by atoms with van der Waals surface area (Å²) in [5.74, 6) is -1.19. The molecule has 0 bridgehead atoms. The summed E-state index contributed by atoms with van der Waals surface area (Å²) < 4.78 is 10.8. The summed E-state index contributed by atoms with van der Waals surface area (Å²) in [5, 5.41) is 10.1. The number of hydrogen-bond donors (Lipinski definition) is 1. The molecular formula is C17H17NO5. The van der Waals surface area contributed by atoms with Gasteiger partial charge in [0, 0.05) is 11.5 Å². The highest BCUT2D eigenvalue weighted by molar-refractivity contribution is 5.94. The average Bonchev–Trinajstić information content (AvgIpc) is 2.50. The number of benzene rings is 1. The highest BCUT2D eigenvalue weighted by Crippen LogP contribution is 2.39. The molecule has 6 heteroatoms. The van der Waals surface area contributed by atoms with Gasteiger partial charge in [-0.3, -0.25) is 0 Å². The molecule has 1 aromatic heterocycles. The van der Waals surface area contributed by atoms with Gasteiger partial charge in [-0.15, -0.1) is 0 Å². The van der Waals surface area contributed by atoms with E-state index >= 15 is 0 Å². The van der Waals surface area contributed by atoms with Crippen LogP contribution in [0.15, 0.2) is 30.3 Å². The maximum absolute atomic E-state index is 12.0. The van der Waals surface area contributed by atoms with Crippen LogP contribution < -0.4 is 4.74 Å². The molecule has 0 aliphatic heterocycles. The molecule has 1 heterocycles. The van der Waals surface area contributed by atoms with Gasteiger partial charge in [-0.05, 0) is 38.3 Å². The number of nitrogens with zero attached hydrogens (tertiary/aromatic N) is 1. The molecule has 23 heavy (non-hydrogen) atoms. The number of aromatic nitrogens is 1. The van der Waals surface area contributed by atoms with Gasteiger partial charge < -0.3 is 14.6 Å². The van der Waals surface area contributed by atoms with Crippen molar-refractivity contribution in [2.45, 2.75) is 31.8 Å². The number of aliphatic carboxylic acids is 1. The van der Waals surface area contributed by atoms with E-state index in [2.05, 4.69) is 4.98 Å². The lowest BCUT2D eigenvalue weighted by molar-refractivity contribution is -0.163. The Labute approximate surface area is 133 Å². The molecule has 0 atom stereocenters. The largest absolute Gasteiger partial charge is 0.478 e. The Hall–Kier alpha value is -2.63. The van der Waals surface area contributed by atoms with Gasteiger partial charge in [-0.2, -0.15) is 0 Å². The van der Waals surface area contributed by atoms with Crippen LogP contribution in [-0.2, 0) is 9.53 Å². The summed E-state index contributed by atoms with van der Waals surface area (Å²) in [4.78, 5) is 27.8. The van der Waals surface area contributed by atoms with Crippen LogP contribution in [0.1, 0.15) is 36.7 Å². The number of carbonyl (C=O) groups is 2. The number of fused-ring (bicyclic) bond motifs is 1. The molecule has 0 saturated heterocycles. The fourth-order valence-corrected chi connectivity index (χ4v) is 2.61. The second kappa shape index (κ2) is 5.87. The lowest BCUT2D eigenvalue weighted by atomic mass is 9.80. The van der Waals surface area contributed by atoms with Crippen molar-refractivity contribution >= 4 is 22.8 Å². The van der Waals surface area contributed by atoms with Crippen molar-refractivity contribution in [2.75, 3.05) is 6.61 Å². The minimum absolute atomic E-state index is 0.111. The minimum Gasteiger partial charge on any atom is -0.478 e. The third-order valence-electron chi connectivity index (χ3n) is 4.02. The predicted molar refractivity (Wildman–Crippen MR) is 82.5 cm³/mol. The zero-order valence-electron chi connectivity index (χ0n) is 12.7. The number of carboxylic acid groups (broad SMARTS) is 1. The van der Waals surface area contributed by atoms with Crippen LogP contribution in [0.3, 0.4) is 0 Å². The number of rotatable bonds is 5. The van der Waals surface area contributed by atoms with Gasteiger partial charge >= 0.3 is 11.9 Å². The van der Waals surface area contributed by atoms with Crippen molar-refractivity contribution in [1.29, 1.82) is 0 Å². The van der Waals surface area contributed by atoms with Crippen LogP contribution in [0.4, 0.5) is 0 Å². The van der Waals surface area contributed by atoms with Gasteiger partial charge in [0.15, 0.2) is 5.69 Å². The smallest absolute Gasteiger partial charge is 0.357 e. The first-order valence-corrected chi connectivity index (χ1v) is 7.55. The molecule has 2 aromatic rings. The van der Waals surface area contributed by atoms with Gasteiger partial charge in [0.05, 0.1) is 12.1 Å². The number of para-hydroxylation sites is 1. The van der Waals surface area contributed by atoms with Crippen molar-refractivity contribution in [3.63, 3.8) is 0 Å². The summed E-state index contributed by atoms with van der Waals surface area (Å²) in [7, 11) is 0. The summed E-state index contributed by atoms with van der Waals surface area (Å²) in [6.07, 6.45) is 1.71. The second-order valence-corrected chi connectivity index (χ2v) is 5.50. The van der Waals surface area contributed by atoms with Crippen LogP contribution in [0.25, 0.3) is 10.9 Å². The summed E-state index contributed by atoms with van der Waals surface area (Å²) >= 11 is 0. The summed E-state index contributed by atoms with van der Waals surface area (Å²) in [6.45, 7) is 1.95. The van der Waals surface area contributed by atoms with Crippen molar-refractivity contribution in [3.8, 4) is 5.75 Å². The van der Waals surface area contributed by atoms with E-state index in [1.807, 2.05) is 6.07 Å². The first kappa shape index (κ1) is 15.3. The number of hydrogen-bond acceptors (Lipinski definition) is 5. The highest BCUT2D eigenvalue weighted by Gasteiger charge is 2.47. The van der Waals surface area contributed by atoms with Crippen LogP contribution >= 0.6 is 0 Å². The van der Waals surface area contributed by atoms with Crippen molar-refractivity contribution < 1.29 is 24.2 Å². The van der Waals surface area contributed by atoms with Crippen molar-refractivity contribution in [2.24, 2.45) is 0 Å². The van der Waals surface area contributed by atoms with Gasteiger partial charge in [0.25, 0.3) is 0 Å². The summed E-state index contributed by atoms with van der Waals surface area (Å²) in [5.41, 5.74) is -0.538. The predicted octanol–water partition coefficient (Wildman–Crippen LogP) is 2.80. The first-order valence-electron chi connectivity index (χ1n) is 7.55. The fourth-order valence-electron chi connectivity index (χ4n) is 2.61. The van der Waals surface area contributed by atoms with Gasteiger partial charge in [0.2, 0.25) is 5.60 Å². The molecule has 6 nitrogen and oxygen atoms in total. The van der Waals surface area contributed by atoms with Crippen LogP contribution in [0.2, 0.25) is 0 Å². The third kappa shape index (κ3) is 2.72. The molecule has 1 N–H and O–H groups in total. The molecule has 0 radical (unpaired) electrons. The zero-order chi connectivity index (χ0) is 16.4. The van der Waals surface area contributed by atoms with Gasteiger partial charge in [0.1, 0.15) is 5.75 Å². The van der Waals surface area contributed by atoms with E-state index in [0.717, 1.165) is 6.42 Å². The lowest BCUT2D eigenvalue weighted by Crippen LogP contribution is -2.50. The number of carbonyl (C=O) groups excluding carboxylic acids is 1. The highest BCUT2D eigenvalue weighted by atomic mass is 16.5. The normalized spacial score (nSPS) is 15.7. The Morgan fingerprint density at radius 2 is 2.04 bits per heavy atom. The van der Waals surface area contributed by atoms with Crippen molar-refractivity contribution in [1.82, 2.24) is 4.98 Å². The van der Waals surface area contributed by atoms with E-state index in [1.54, 1.807) is 25.1 Å². The quantitative estimate of drug-likeness (QED) is 0.854. The van der Waals surface area contributed by atoms with E-state index in [9.17, 15) is 14.7 Å². The summed E-state index contributed by atoms with van der Waals surface area (Å²) in [6, 6.07) is 8.61.